The molecule has 1 aromatic carbocycles. The van der Waals surface area contributed by atoms with Gasteiger partial charge in [-0.05, 0) is 47.5 Å². The van der Waals surface area contributed by atoms with Crippen molar-refractivity contribution in [3.63, 3.8) is 0 Å². The molecule has 3 N–H and O–H groups in total. The van der Waals surface area contributed by atoms with Crippen molar-refractivity contribution in [1.82, 2.24) is 39.8 Å². The summed E-state index contributed by atoms with van der Waals surface area (Å²) in [4.78, 5) is 21.0. The van der Waals surface area contributed by atoms with Gasteiger partial charge in [0.1, 0.15) is 11.5 Å². The van der Waals surface area contributed by atoms with Crippen LogP contribution in [-0.2, 0) is 16.6 Å². The maximum absolute atomic E-state index is 14.5. The number of nitrogens with one attached hydrogen (secondary N) is 3. The smallest absolute Gasteiger partial charge is 0.209 e. The normalized spacial score (nSPS) is 11.9. The second-order valence-corrected chi connectivity index (χ2v) is 10.4. The summed E-state index contributed by atoms with van der Waals surface area (Å²) in [6.07, 6.45) is 9.45. The predicted octanol–water partition coefficient (Wildman–Crippen LogP) is 3.81. The first kappa shape index (κ1) is 22.9. The standard InChI is InChI=1S/C25H19FN8O2S/c1-37(35,36)30-9-14-5-16(7-17(26)6-14)19-11-28-12-22-23(19)32-25(31-22)24-18-8-20(15-3-2-4-27-10-15)29-13-21(18)33-34-24/h2-8,10-13,30H,9H2,1H3,(H,31,32)(H,33,34). The topological polar surface area (TPSA) is 142 Å². The fourth-order valence-electron chi connectivity index (χ4n) is 4.15. The molecule has 0 fully saturated rings. The highest BCUT2D eigenvalue weighted by molar-refractivity contribution is 7.88. The fraction of sp³-hybridized carbons (Fsp3) is 0.0800. The average Bonchev–Trinajstić information content (AvgIpc) is 3.51. The van der Waals surface area contributed by atoms with E-state index in [0.29, 0.717) is 39.2 Å². The lowest BCUT2D eigenvalue weighted by molar-refractivity contribution is 0.586. The second-order valence-electron chi connectivity index (χ2n) is 8.54. The second kappa shape index (κ2) is 8.84. The molecule has 0 unspecified atom stereocenters. The number of pyridine rings is 3. The molecule has 6 rings (SSSR count). The van der Waals surface area contributed by atoms with E-state index in [2.05, 4.69) is 34.9 Å². The Morgan fingerprint density at radius 1 is 1.00 bits per heavy atom. The minimum Gasteiger partial charge on any atom is -0.335 e. The largest absolute Gasteiger partial charge is 0.335 e. The van der Waals surface area contributed by atoms with Crippen LogP contribution in [-0.4, -0.2) is 49.8 Å². The summed E-state index contributed by atoms with van der Waals surface area (Å²) in [5.41, 5.74) is 5.78. The molecule has 12 heteroatoms. The number of aromatic amines is 2. The van der Waals surface area contributed by atoms with Gasteiger partial charge in [-0.2, -0.15) is 5.10 Å². The van der Waals surface area contributed by atoms with Crippen molar-refractivity contribution in [3.8, 4) is 33.9 Å². The number of hydrogen-bond acceptors (Lipinski definition) is 7. The molecular formula is C25H19FN8O2S. The first-order chi connectivity index (χ1) is 17.8. The van der Waals surface area contributed by atoms with Gasteiger partial charge >= 0.3 is 0 Å². The molecule has 0 spiro atoms. The average molecular weight is 515 g/mol. The van der Waals surface area contributed by atoms with Crippen molar-refractivity contribution >= 4 is 32.0 Å². The van der Waals surface area contributed by atoms with Gasteiger partial charge in [-0.1, -0.05) is 0 Å². The number of aromatic nitrogens is 7. The van der Waals surface area contributed by atoms with Crippen LogP contribution in [0.15, 0.2) is 67.4 Å². The number of imidazole rings is 1. The van der Waals surface area contributed by atoms with Gasteiger partial charge in [-0.3, -0.25) is 20.1 Å². The van der Waals surface area contributed by atoms with Gasteiger partial charge in [0.05, 0.1) is 40.9 Å². The van der Waals surface area contributed by atoms with Crippen molar-refractivity contribution in [1.29, 1.82) is 0 Å². The Bertz CT molecular complexity index is 1880. The van der Waals surface area contributed by atoms with Crippen molar-refractivity contribution in [2.24, 2.45) is 0 Å². The molecule has 0 saturated heterocycles. The van der Waals surface area contributed by atoms with E-state index in [1.807, 2.05) is 18.2 Å². The highest BCUT2D eigenvalue weighted by Gasteiger charge is 2.17. The van der Waals surface area contributed by atoms with E-state index in [4.69, 9.17) is 4.98 Å². The summed E-state index contributed by atoms with van der Waals surface area (Å²) in [5.74, 6) is 0.0125. The summed E-state index contributed by atoms with van der Waals surface area (Å²) in [5, 5.41) is 8.26. The Morgan fingerprint density at radius 2 is 1.89 bits per heavy atom. The molecule has 0 bridgehead atoms. The number of benzene rings is 1. The highest BCUT2D eigenvalue weighted by Crippen LogP contribution is 2.32. The summed E-state index contributed by atoms with van der Waals surface area (Å²) in [6, 6.07) is 10.1. The fourth-order valence-corrected chi connectivity index (χ4v) is 4.58. The zero-order valence-corrected chi connectivity index (χ0v) is 20.2. The molecule has 6 aromatic rings. The van der Waals surface area contributed by atoms with Crippen LogP contribution in [0.3, 0.4) is 0 Å². The third kappa shape index (κ3) is 4.55. The Labute approximate surface area is 210 Å². The number of nitrogens with zero attached hydrogens (tertiary/aromatic N) is 5. The minimum atomic E-state index is -3.43. The van der Waals surface area contributed by atoms with E-state index < -0.39 is 15.8 Å². The molecular weight excluding hydrogens is 495 g/mol. The Kier molecular flexibility index (Phi) is 5.46. The van der Waals surface area contributed by atoms with E-state index in [1.165, 1.54) is 12.1 Å². The third-order valence-corrected chi connectivity index (χ3v) is 6.50. The molecule has 184 valence electrons. The van der Waals surface area contributed by atoms with Gasteiger partial charge in [0.25, 0.3) is 0 Å². The van der Waals surface area contributed by atoms with Crippen LogP contribution >= 0.6 is 0 Å². The quantitative estimate of drug-likeness (QED) is 0.307. The van der Waals surface area contributed by atoms with E-state index in [-0.39, 0.29) is 6.54 Å². The lowest BCUT2D eigenvalue weighted by Gasteiger charge is -2.07. The zero-order valence-electron chi connectivity index (χ0n) is 19.4. The summed E-state index contributed by atoms with van der Waals surface area (Å²) in [7, 11) is -3.43. The Hall–Kier alpha value is -4.55. The van der Waals surface area contributed by atoms with Gasteiger partial charge in [0.15, 0.2) is 5.82 Å². The summed E-state index contributed by atoms with van der Waals surface area (Å²) >= 11 is 0. The van der Waals surface area contributed by atoms with Crippen LogP contribution in [0, 0.1) is 5.82 Å². The maximum atomic E-state index is 14.5. The van der Waals surface area contributed by atoms with Gasteiger partial charge < -0.3 is 4.98 Å². The molecule has 37 heavy (non-hydrogen) atoms. The van der Waals surface area contributed by atoms with Crippen LogP contribution in [0.2, 0.25) is 0 Å². The van der Waals surface area contributed by atoms with Crippen LogP contribution in [0.5, 0.6) is 0 Å². The van der Waals surface area contributed by atoms with E-state index in [0.717, 1.165) is 28.4 Å². The molecule has 0 saturated carbocycles. The van der Waals surface area contributed by atoms with Gasteiger partial charge in [0.2, 0.25) is 10.0 Å². The summed E-state index contributed by atoms with van der Waals surface area (Å²) in [6.45, 7) is -0.0363. The highest BCUT2D eigenvalue weighted by atomic mass is 32.2. The van der Waals surface area contributed by atoms with E-state index in [9.17, 15) is 12.8 Å². The van der Waals surface area contributed by atoms with E-state index in [1.54, 1.807) is 37.1 Å². The molecule has 10 nitrogen and oxygen atoms in total. The molecule has 0 aliphatic rings. The number of halogens is 1. The van der Waals surface area contributed by atoms with Crippen molar-refractivity contribution in [2.75, 3.05) is 6.26 Å². The van der Waals surface area contributed by atoms with Crippen LogP contribution < -0.4 is 4.72 Å². The first-order valence-electron chi connectivity index (χ1n) is 11.2. The first-order valence-corrected chi connectivity index (χ1v) is 13.1. The molecule has 5 aromatic heterocycles. The van der Waals surface area contributed by atoms with Crippen LogP contribution in [0.1, 0.15) is 5.56 Å². The van der Waals surface area contributed by atoms with Gasteiger partial charge in [-0.25, -0.2) is 22.5 Å². The molecule has 0 radical (unpaired) electrons. The number of hydrogen-bond donors (Lipinski definition) is 3. The summed E-state index contributed by atoms with van der Waals surface area (Å²) < 4.78 is 39.8. The van der Waals surface area contributed by atoms with Crippen LogP contribution in [0.4, 0.5) is 4.39 Å². The predicted molar refractivity (Wildman–Crippen MR) is 137 cm³/mol. The van der Waals surface area contributed by atoms with Gasteiger partial charge in [-0.15, -0.1) is 0 Å². The SMILES string of the molecule is CS(=O)(=O)NCc1cc(F)cc(-c2cncc3[nH]c(-c4n[nH]c5cnc(-c6cccnc6)cc45)nc23)c1. The molecule has 0 aliphatic carbocycles. The third-order valence-electron chi connectivity index (χ3n) is 5.83. The van der Waals surface area contributed by atoms with Gasteiger partial charge in [0, 0.05) is 41.6 Å². The minimum absolute atomic E-state index is 0.0363. The lowest BCUT2D eigenvalue weighted by Crippen LogP contribution is -2.21. The van der Waals surface area contributed by atoms with Crippen molar-refractivity contribution in [3.05, 3.63) is 78.8 Å². The number of rotatable bonds is 6. The number of fused-ring (bicyclic) bond motifs is 2. The number of H-pyrrole nitrogens is 2. The monoisotopic (exact) mass is 514 g/mol. The van der Waals surface area contributed by atoms with Crippen molar-refractivity contribution in [2.45, 2.75) is 6.54 Å². The lowest BCUT2D eigenvalue weighted by atomic mass is 10.0. The molecule has 0 atom stereocenters. The number of sulfonamides is 1. The van der Waals surface area contributed by atoms with Crippen molar-refractivity contribution < 1.29 is 12.8 Å². The Balaban J connectivity index is 1.44. The zero-order chi connectivity index (χ0) is 25.6. The van der Waals surface area contributed by atoms with Crippen LogP contribution in [0.25, 0.3) is 55.8 Å². The Morgan fingerprint density at radius 3 is 2.70 bits per heavy atom. The molecule has 0 amide bonds. The maximum Gasteiger partial charge on any atom is 0.209 e. The van der Waals surface area contributed by atoms with E-state index >= 15 is 0 Å². The molecule has 0 aliphatic heterocycles. The molecule has 5 heterocycles.